The average molecular weight is 309 g/mol. The van der Waals surface area contributed by atoms with Gasteiger partial charge in [-0.15, -0.1) is 0 Å². The van der Waals surface area contributed by atoms with Crippen LogP contribution in [0.3, 0.4) is 0 Å². The smallest absolute Gasteiger partial charge is 0.259 e. The van der Waals surface area contributed by atoms with E-state index in [1.807, 2.05) is 19.1 Å². The van der Waals surface area contributed by atoms with E-state index in [9.17, 15) is 4.79 Å². The highest BCUT2D eigenvalue weighted by Gasteiger charge is 2.27. The molecule has 0 saturated heterocycles. The summed E-state index contributed by atoms with van der Waals surface area (Å²) >= 11 is 0. The van der Waals surface area contributed by atoms with Gasteiger partial charge in [-0.25, -0.2) is 9.97 Å². The summed E-state index contributed by atoms with van der Waals surface area (Å²) < 4.78 is 0. The van der Waals surface area contributed by atoms with Crippen molar-refractivity contribution in [3.8, 4) is 0 Å². The molecular weight excluding hydrogens is 286 g/mol. The van der Waals surface area contributed by atoms with Gasteiger partial charge in [-0.05, 0) is 50.3 Å². The number of benzene rings is 1. The van der Waals surface area contributed by atoms with Crippen molar-refractivity contribution in [2.45, 2.75) is 51.9 Å². The van der Waals surface area contributed by atoms with Gasteiger partial charge in [0.1, 0.15) is 5.82 Å². The van der Waals surface area contributed by atoms with Crippen LogP contribution < -0.4 is 5.32 Å². The van der Waals surface area contributed by atoms with E-state index in [1.54, 1.807) is 6.20 Å². The number of carbonyl (C=O) groups is 1. The zero-order valence-corrected chi connectivity index (χ0v) is 13.8. The molecule has 1 aromatic heterocycles. The lowest BCUT2D eigenvalue weighted by atomic mass is 10.1. The van der Waals surface area contributed by atoms with Crippen LogP contribution in [-0.4, -0.2) is 15.9 Å². The Morgan fingerprint density at radius 1 is 1.26 bits per heavy atom. The number of nitrogens with one attached hydrogen (secondary N) is 1. The Morgan fingerprint density at radius 2 is 2.00 bits per heavy atom. The van der Waals surface area contributed by atoms with Gasteiger partial charge in [-0.1, -0.05) is 25.5 Å². The molecule has 0 aliphatic heterocycles. The number of amides is 1. The topological polar surface area (TPSA) is 54.9 Å². The molecule has 23 heavy (non-hydrogen) atoms. The standard InChI is InChI=1S/C19H23N3O/c1-3-4-5-14-6-10-16(11-7-14)22-19(23)17-12-20-18(15-8-9-15)21-13(17)2/h6-7,10-12,15H,3-5,8-9H2,1-2H3,(H,22,23). The first-order chi connectivity index (χ1) is 11.2. The second kappa shape index (κ2) is 6.90. The second-order valence-electron chi connectivity index (χ2n) is 6.26. The Labute approximate surface area is 137 Å². The van der Waals surface area contributed by atoms with Gasteiger partial charge >= 0.3 is 0 Å². The van der Waals surface area contributed by atoms with Gasteiger partial charge in [0.15, 0.2) is 0 Å². The minimum atomic E-state index is -0.147. The van der Waals surface area contributed by atoms with Crippen LogP contribution >= 0.6 is 0 Å². The number of anilines is 1. The van der Waals surface area contributed by atoms with Gasteiger partial charge in [-0.3, -0.25) is 4.79 Å². The van der Waals surface area contributed by atoms with Gasteiger partial charge in [-0.2, -0.15) is 0 Å². The zero-order chi connectivity index (χ0) is 16.2. The van der Waals surface area contributed by atoms with E-state index in [0.717, 1.165) is 36.5 Å². The molecule has 1 heterocycles. The Balaban J connectivity index is 1.66. The summed E-state index contributed by atoms with van der Waals surface area (Å²) in [6, 6.07) is 8.06. The highest BCUT2D eigenvalue weighted by Crippen LogP contribution is 2.37. The molecular formula is C19H23N3O. The SMILES string of the molecule is CCCCc1ccc(NC(=O)c2cnc(C3CC3)nc2C)cc1. The Hall–Kier alpha value is -2.23. The predicted octanol–water partition coefficient (Wildman–Crippen LogP) is 4.26. The van der Waals surface area contributed by atoms with Crippen LogP contribution in [-0.2, 0) is 6.42 Å². The number of nitrogens with zero attached hydrogens (tertiary/aromatic N) is 2. The van der Waals surface area contributed by atoms with Gasteiger partial charge in [0.2, 0.25) is 0 Å². The molecule has 1 aromatic carbocycles. The summed E-state index contributed by atoms with van der Waals surface area (Å²) in [5, 5.41) is 2.93. The first-order valence-corrected chi connectivity index (χ1v) is 8.41. The minimum Gasteiger partial charge on any atom is -0.322 e. The largest absolute Gasteiger partial charge is 0.322 e. The lowest BCUT2D eigenvalue weighted by molar-refractivity contribution is 0.102. The Morgan fingerprint density at radius 3 is 2.61 bits per heavy atom. The van der Waals surface area contributed by atoms with Crippen LogP contribution in [0.15, 0.2) is 30.5 Å². The van der Waals surface area contributed by atoms with E-state index >= 15 is 0 Å². The van der Waals surface area contributed by atoms with Gasteiger partial charge in [0, 0.05) is 17.8 Å². The van der Waals surface area contributed by atoms with Crippen molar-refractivity contribution in [1.29, 1.82) is 0 Å². The van der Waals surface area contributed by atoms with Crippen molar-refractivity contribution in [3.63, 3.8) is 0 Å². The summed E-state index contributed by atoms with van der Waals surface area (Å²) in [5.74, 6) is 1.23. The molecule has 4 nitrogen and oxygen atoms in total. The van der Waals surface area contributed by atoms with E-state index in [4.69, 9.17) is 0 Å². The van der Waals surface area contributed by atoms with Crippen LogP contribution in [0.1, 0.15) is 66.0 Å². The maximum Gasteiger partial charge on any atom is 0.259 e. The maximum absolute atomic E-state index is 12.4. The number of rotatable bonds is 6. The number of aryl methyl sites for hydroxylation is 2. The number of hydrogen-bond acceptors (Lipinski definition) is 3. The second-order valence-corrected chi connectivity index (χ2v) is 6.26. The molecule has 1 N–H and O–H groups in total. The fourth-order valence-electron chi connectivity index (χ4n) is 2.58. The lowest BCUT2D eigenvalue weighted by Gasteiger charge is -2.09. The third-order valence-electron chi connectivity index (χ3n) is 4.22. The van der Waals surface area contributed by atoms with E-state index in [0.29, 0.717) is 11.5 Å². The molecule has 1 aliphatic carbocycles. The Bertz CT molecular complexity index is 690. The van der Waals surface area contributed by atoms with Crippen LogP contribution in [0.5, 0.6) is 0 Å². The fourth-order valence-corrected chi connectivity index (χ4v) is 2.58. The maximum atomic E-state index is 12.4. The molecule has 1 aliphatic rings. The first-order valence-electron chi connectivity index (χ1n) is 8.41. The molecule has 4 heteroatoms. The molecule has 1 saturated carbocycles. The van der Waals surface area contributed by atoms with Gasteiger partial charge < -0.3 is 5.32 Å². The van der Waals surface area contributed by atoms with E-state index < -0.39 is 0 Å². The Kier molecular flexibility index (Phi) is 4.70. The molecule has 0 radical (unpaired) electrons. The number of unbranched alkanes of at least 4 members (excludes halogenated alkanes) is 1. The van der Waals surface area contributed by atoms with Gasteiger partial charge in [0.25, 0.3) is 5.91 Å². The van der Waals surface area contributed by atoms with Crippen molar-refractivity contribution in [2.75, 3.05) is 5.32 Å². The molecule has 1 amide bonds. The van der Waals surface area contributed by atoms with Crippen LogP contribution in [0, 0.1) is 6.92 Å². The quantitative estimate of drug-likeness (QED) is 0.867. The summed E-state index contributed by atoms with van der Waals surface area (Å²) in [6.07, 6.45) is 7.44. The van der Waals surface area contributed by atoms with Crippen molar-refractivity contribution in [3.05, 3.63) is 53.1 Å². The van der Waals surface area contributed by atoms with Crippen LogP contribution in [0.25, 0.3) is 0 Å². The summed E-state index contributed by atoms with van der Waals surface area (Å²) in [5.41, 5.74) is 3.41. The normalized spacial score (nSPS) is 13.8. The monoisotopic (exact) mass is 309 g/mol. The van der Waals surface area contributed by atoms with Crippen LogP contribution in [0.4, 0.5) is 5.69 Å². The third kappa shape index (κ3) is 3.95. The van der Waals surface area contributed by atoms with Crippen LogP contribution in [0.2, 0.25) is 0 Å². The number of hydrogen-bond donors (Lipinski definition) is 1. The molecule has 0 spiro atoms. The number of aromatic nitrogens is 2. The fraction of sp³-hybridized carbons (Fsp3) is 0.421. The molecule has 2 aromatic rings. The van der Waals surface area contributed by atoms with E-state index in [1.165, 1.54) is 18.4 Å². The zero-order valence-electron chi connectivity index (χ0n) is 13.8. The summed E-state index contributed by atoms with van der Waals surface area (Å²) in [4.78, 5) is 21.2. The molecule has 0 atom stereocenters. The number of carbonyl (C=O) groups excluding carboxylic acids is 1. The van der Waals surface area contributed by atoms with Crippen molar-refractivity contribution in [1.82, 2.24) is 9.97 Å². The summed E-state index contributed by atoms with van der Waals surface area (Å²) in [6.45, 7) is 4.06. The third-order valence-corrected chi connectivity index (χ3v) is 4.22. The van der Waals surface area contributed by atoms with Crippen molar-refractivity contribution in [2.24, 2.45) is 0 Å². The van der Waals surface area contributed by atoms with E-state index in [2.05, 4.69) is 34.3 Å². The molecule has 3 rings (SSSR count). The summed E-state index contributed by atoms with van der Waals surface area (Å²) in [7, 11) is 0. The minimum absolute atomic E-state index is 0.147. The lowest BCUT2D eigenvalue weighted by Crippen LogP contribution is -2.15. The van der Waals surface area contributed by atoms with Gasteiger partial charge in [0.05, 0.1) is 11.3 Å². The predicted molar refractivity (Wildman–Crippen MR) is 91.8 cm³/mol. The molecule has 0 unspecified atom stereocenters. The average Bonchev–Trinajstić information content (AvgIpc) is 3.39. The highest BCUT2D eigenvalue weighted by atomic mass is 16.1. The first kappa shape index (κ1) is 15.7. The highest BCUT2D eigenvalue weighted by molar-refractivity contribution is 6.04. The van der Waals surface area contributed by atoms with Crippen molar-refractivity contribution < 1.29 is 4.79 Å². The molecule has 0 bridgehead atoms. The van der Waals surface area contributed by atoms with E-state index in [-0.39, 0.29) is 5.91 Å². The van der Waals surface area contributed by atoms with Crippen molar-refractivity contribution >= 4 is 11.6 Å². The molecule has 120 valence electrons. The molecule has 1 fully saturated rings.